The normalized spacial score (nSPS) is 27.9. The molecule has 20 heavy (non-hydrogen) atoms. The van der Waals surface area contributed by atoms with Gasteiger partial charge in [0.05, 0.1) is 12.3 Å². The van der Waals surface area contributed by atoms with E-state index in [1.54, 1.807) is 14.0 Å². The van der Waals surface area contributed by atoms with Crippen molar-refractivity contribution in [3.05, 3.63) is 23.4 Å². The van der Waals surface area contributed by atoms with Gasteiger partial charge in [0, 0.05) is 32.3 Å². The Labute approximate surface area is 120 Å². The third kappa shape index (κ3) is 2.20. The van der Waals surface area contributed by atoms with Crippen molar-refractivity contribution in [2.45, 2.75) is 38.0 Å². The Morgan fingerprint density at radius 3 is 3.05 bits per heavy atom. The lowest BCUT2D eigenvalue weighted by Crippen LogP contribution is -2.55. The van der Waals surface area contributed by atoms with Gasteiger partial charge in [-0.3, -0.25) is 0 Å². The molecular weight excluding hydrogens is 254 g/mol. The summed E-state index contributed by atoms with van der Waals surface area (Å²) in [5.74, 6) is 1.04. The number of anilines is 1. The largest absolute Gasteiger partial charge is 0.381 e. The van der Waals surface area contributed by atoms with Crippen LogP contribution in [0.1, 0.15) is 25.1 Å². The minimum Gasteiger partial charge on any atom is -0.381 e. The van der Waals surface area contributed by atoms with Crippen LogP contribution in [0.3, 0.4) is 0 Å². The highest BCUT2D eigenvalue weighted by molar-refractivity contribution is 5.56. The monoisotopic (exact) mass is 277 g/mol. The predicted octanol–water partition coefficient (Wildman–Crippen LogP) is 0.658. The second kappa shape index (κ2) is 4.98. The van der Waals surface area contributed by atoms with Gasteiger partial charge in [-0.1, -0.05) is 6.07 Å². The van der Waals surface area contributed by atoms with Gasteiger partial charge in [-0.15, -0.1) is 0 Å². The molecule has 1 unspecified atom stereocenters. The Bertz CT molecular complexity index is 504. The van der Waals surface area contributed by atoms with Crippen molar-refractivity contribution in [3.63, 3.8) is 0 Å². The number of fused-ring (bicyclic) bond motifs is 3. The summed E-state index contributed by atoms with van der Waals surface area (Å²) in [5, 5.41) is 13.9. The Hall–Kier alpha value is -1.17. The van der Waals surface area contributed by atoms with Gasteiger partial charge in [0.1, 0.15) is 11.4 Å². The SMILES string of the molecule is COCC(C)(O)c1ccc2c(n1)N1[C@@H](CNC[C@H]1C)C2. The van der Waals surface area contributed by atoms with Crippen LogP contribution in [0.5, 0.6) is 0 Å². The number of pyridine rings is 1. The van der Waals surface area contributed by atoms with Crippen LogP contribution in [0.2, 0.25) is 0 Å². The fraction of sp³-hybridized carbons (Fsp3) is 0.667. The van der Waals surface area contributed by atoms with Crippen molar-refractivity contribution in [2.75, 3.05) is 31.7 Å². The van der Waals surface area contributed by atoms with Gasteiger partial charge in [-0.05, 0) is 31.9 Å². The quantitative estimate of drug-likeness (QED) is 0.850. The number of hydrogen-bond acceptors (Lipinski definition) is 5. The van der Waals surface area contributed by atoms with Crippen molar-refractivity contribution < 1.29 is 9.84 Å². The minimum absolute atomic E-state index is 0.249. The van der Waals surface area contributed by atoms with E-state index in [0.29, 0.717) is 17.8 Å². The third-order valence-corrected chi connectivity index (χ3v) is 4.32. The molecule has 1 saturated heterocycles. The topological polar surface area (TPSA) is 57.6 Å². The maximum atomic E-state index is 10.5. The van der Waals surface area contributed by atoms with E-state index in [9.17, 15) is 5.11 Å². The van der Waals surface area contributed by atoms with Crippen LogP contribution < -0.4 is 10.2 Å². The number of hydrogen-bond donors (Lipinski definition) is 2. The molecule has 5 heteroatoms. The molecule has 0 bridgehead atoms. The first-order valence-corrected chi connectivity index (χ1v) is 7.23. The molecule has 0 amide bonds. The molecule has 3 atom stereocenters. The summed E-state index contributed by atoms with van der Waals surface area (Å²) < 4.78 is 5.09. The average Bonchev–Trinajstić information content (AvgIpc) is 2.77. The molecule has 1 aromatic heterocycles. The number of aromatic nitrogens is 1. The van der Waals surface area contributed by atoms with Crippen LogP contribution in [-0.2, 0) is 16.8 Å². The van der Waals surface area contributed by atoms with E-state index in [1.165, 1.54) is 5.56 Å². The van der Waals surface area contributed by atoms with Gasteiger partial charge in [0.2, 0.25) is 0 Å². The van der Waals surface area contributed by atoms with E-state index >= 15 is 0 Å². The van der Waals surface area contributed by atoms with Crippen LogP contribution in [-0.4, -0.2) is 49.0 Å². The first kappa shape index (κ1) is 13.8. The van der Waals surface area contributed by atoms with E-state index in [4.69, 9.17) is 9.72 Å². The molecular formula is C15H23N3O2. The third-order valence-electron chi connectivity index (χ3n) is 4.32. The number of aliphatic hydroxyl groups is 1. The van der Waals surface area contributed by atoms with Crippen LogP contribution >= 0.6 is 0 Å². The molecule has 3 heterocycles. The van der Waals surface area contributed by atoms with Gasteiger partial charge < -0.3 is 20.1 Å². The number of piperazine rings is 1. The Kier molecular flexibility index (Phi) is 3.44. The smallest absolute Gasteiger partial charge is 0.132 e. The molecule has 1 fully saturated rings. The molecule has 0 aromatic carbocycles. The van der Waals surface area contributed by atoms with Crippen molar-refractivity contribution in [2.24, 2.45) is 0 Å². The number of rotatable bonds is 3. The van der Waals surface area contributed by atoms with E-state index in [1.807, 2.05) is 6.07 Å². The lowest BCUT2D eigenvalue weighted by molar-refractivity contribution is -0.0239. The molecule has 2 aliphatic heterocycles. The molecule has 0 spiro atoms. The molecule has 0 saturated carbocycles. The molecule has 5 nitrogen and oxygen atoms in total. The van der Waals surface area contributed by atoms with Crippen LogP contribution in [0, 0.1) is 0 Å². The van der Waals surface area contributed by atoms with Crippen molar-refractivity contribution in [1.29, 1.82) is 0 Å². The fourth-order valence-corrected chi connectivity index (χ4v) is 3.34. The van der Waals surface area contributed by atoms with E-state index in [2.05, 4.69) is 23.2 Å². The molecule has 2 N–H and O–H groups in total. The van der Waals surface area contributed by atoms with E-state index in [-0.39, 0.29) is 6.61 Å². The zero-order valence-electron chi connectivity index (χ0n) is 12.4. The van der Waals surface area contributed by atoms with E-state index in [0.717, 1.165) is 25.3 Å². The number of ether oxygens (including phenoxy) is 1. The first-order chi connectivity index (χ1) is 9.53. The lowest BCUT2D eigenvalue weighted by atomic mass is 10.0. The number of methoxy groups -OCH3 is 1. The Morgan fingerprint density at radius 2 is 2.30 bits per heavy atom. The summed E-state index contributed by atoms with van der Waals surface area (Å²) >= 11 is 0. The number of nitrogens with one attached hydrogen (secondary N) is 1. The minimum atomic E-state index is -1.04. The van der Waals surface area contributed by atoms with Crippen LogP contribution in [0.4, 0.5) is 5.82 Å². The van der Waals surface area contributed by atoms with Crippen molar-refractivity contribution in [3.8, 4) is 0 Å². The highest BCUT2D eigenvalue weighted by Crippen LogP contribution is 2.35. The summed E-state index contributed by atoms with van der Waals surface area (Å²) in [7, 11) is 1.59. The summed E-state index contributed by atoms with van der Waals surface area (Å²) in [6.07, 6.45) is 1.03. The second-order valence-electron chi connectivity index (χ2n) is 6.16. The highest BCUT2D eigenvalue weighted by atomic mass is 16.5. The maximum Gasteiger partial charge on any atom is 0.132 e. The number of nitrogens with zero attached hydrogens (tertiary/aromatic N) is 2. The van der Waals surface area contributed by atoms with E-state index < -0.39 is 5.60 Å². The molecule has 110 valence electrons. The Morgan fingerprint density at radius 1 is 1.50 bits per heavy atom. The second-order valence-corrected chi connectivity index (χ2v) is 6.16. The molecule has 3 rings (SSSR count). The summed E-state index contributed by atoms with van der Waals surface area (Å²) in [6, 6.07) is 4.95. The van der Waals surface area contributed by atoms with Crippen molar-refractivity contribution in [1.82, 2.24) is 10.3 Å². The molecule has 1 aromatic rings. The predicted molar refractivity (Wildman–Crippen MR) is 78.0 cm³/mol. The first-order valence-electron chi connectivity index (χ1n) is 7.23. The van der Waals surface area contributed by atoms with Gasteiger partial charge in [-0.25, -0.2) is 4.98 Å². The molecule has 0 aliphatic carbocycles. The Balaban J connectivity index is 1.96. The van der Waals surface area contributed by atoms with Gasteiger partial charge in [0.15, 0.2) is 0 Å². The van der Waals surface area contributed by atoms with Crippen molar-refractivity contribution >= 4 is 5.82 Å². The highest BCUT2D eigenvalue weighted by Gasteiger charge is 2.37. The lowest BCUT2D eigenvalue weighted by Gasteiger charge is -2.38. The van der Waals surface area contributed by atoms with Crippen LogP contribution in [0.25, 0.3) is 0 Å². The summed E-state index contributed by atoms with van der Waals surface area (Å²) in [5.41, 5.74) is 0.922. The zero-order chi connectivity index (χ0) is 14.3. The fourth-order valence-electron chi connectivity index (χ4n) is 3.34. The summed E-state index contributed by atoms with van der Waals surface area (Å²) in [4.78, 5) is 7.15. The molecule has 2 aliphatic rings. The molecule has 0 radical (unpaired) electrons. The van der Waals surface area contributed by atoms with Gasteiger partial charge in [-0.2, -0.15) is 0 Å². The average molecular weight is 277 g/mol. The maximum absolute atomic E-state index is 10.5. The van der Waals surface area contributed by atoms with Gasteiger partial charge in [0.25, 0.3) is 0 Å². The van der Waals surface area contributed by atoms with Gasteiger partial charge >= 0.3 is 0 Å². The zero-order valence-corrected chi connectivity index (χ0v) is 12.4. The van der Waals surface area contributed by atoms with Crippen LogP contribution in [0.15, 0.2) is 12.1 Å². The summed E-state index contributed by atoms with van der Waals surface area (Å²) in [6.45, 7) is 6.20. The standard InChI is InChI=1S/C15H23N3O2/c1-10-7-16-8-12-6-11-4-5-13(15(2,19)9-20-3)17-14(11)18(10)12/h4-5,10,12,16,19H,6-9H2,1-3H3/t10-,12-,15?/m1/s1.